The lowest BCUT2D eigenvalue weighted by molar-refractivity contribution is 1.18. The minimum atomic E-state index is -2.62. The van der Waals surface area contributed by atoms with Crippen molar-refractivity contribution in [1.82, 2.24) is 4.57 Å². The van der Waals surface area contributed by atoms with Crippen LogP contribution in [0.25, 0.3) is 60.2 Å². The van der Waals surface area contributed by atoms with Crippen molar-refractivity contribution in [1.29, 1.82) is 0 Å². The number of aromatic nitrogens is 1. The van der Waals surface area contributed by atoms with Gasteiger partial charge in [-0.2, -0.15) is 0 Å². The highest BCUT2D eigenvalue weighted by Gasteiger charge is 2.41. The van der Waals surface area contributed by atoms with Crippen LogP contribution < -0.4 is 25.6 Å². The smallest absolute Gasteiger partial charge is 0.179 e. The van der Waals surface area contributed by atoms with Crippen molar-refractivity contribution in [2.45, 2.75) is 0 Å². The fraction of sp³-hybridized carbons (Fsp3) is 0. The summed E-state index contributed by atoms with van der Waals surface area (Å²) in [4.78, 5) is 2.44. The zero-order chi connectivity index (χ0) is 41.7. The number of hydrogen-bond acceptors (Lipinski definition) is 1. The summed E-state index contributed by atoms with van der Waals surface area (Å²) in [6, 6.07) is 94.1. The van der Waals surface area contributed by atoms with Crippen LogP contribution in [0, 0.1) is 0 Å². The molecule has 3 heteroatoms. The van der Waals surface area contributed by atoms with Crippen LogP contribution >= 0.6 is 0 Å². The van der Waals surface area contributed by atoms with Gasteiger partial charge in [0.05, 0.1) is 16.7 Å². The molecule has 63 heavy (non-hydrogen) atoms. The maximum atomic E-state index is 2.44. The van der Waals surface area contributed by atoms with Crippen molar-refractivity contribution in [2.24, 2.45) is 0 Å². The number of rotatable bonds is 9. The molecule has 0 fully saturated rings. The van der Waals surface area contributed by atoms with Crippen LogP contribution in [-0.2, 0) is 0 Å². The Balaban J connectivity index is 0.993. The van der Waals surface area contributed by atoms with Gasteiger partial charge in [-0.25, -0.2) is 0 Å². The van der Waals surface area contributed by atoms with Gasteiger partial charge in [-0.3, -0.25) is 0 Å². The van der Waals surface area contributed by atoms with E-state index in [4.69, 9.17) is 0 Å². The zero-order valence-electron chi connectivity index (χ0n) is 34.6. The summed E-state index contributed by atoms with van der Waals surface area (Å²) in [6.45, 7) is 0. The molecule has 0 spiro atoms. The Morgan fingerprint density at radius 1 is 0.317 bits per heavy atom. The first-order valence-electron chi connectivity index (χ1n) is 21.8. The second-order valence-corrected chi connectivity index (χ2v) is 20.3. The van der Waals surface area contributed by atoms with Crippen LogP contribution in [0.2, 0.25) is 0 Å². The van der Waals surface area contributed by atoms with Gasteiger partial charge >= 0.3 is 0 Å². The quantitative estimate of drug-likeness (QED) is 0.0800. The van der Waals surface area contributed by atoms with Crippen molar-refractivity contribution in [2.75, 3.05) is 4.90 Å². The maximum absolute atomic E-state index is 2.62. The van der Waals surface area contributed by atoms with E-state index in [2.05, 4.69) is 264 Å². The van der Waals surface area contributed by atoms with Crippen LogP contribution in [0.4, 0.5) is 17.1 Å². The van der Waals surface area contributed by atoms with Gasteiger partial charge < -0.3 is 9.47 Å². The van der Waals surface area contributed by atoms with Gasteiger partial charge in [0.1, 0.15) is 0 Å². The highest BCUT2D eigenvalue weighted by molar-refractivity contribution is 7.19. The Morgan fingerprint density at radius 2 is 0.810 bits per heavy atom. The molecule has 1 heterocycles. The molecule has 0 aliphatic heterocycles. The van der Waals surface area contributed by atoms with Crippen LogP contribution in [0.15, 0.2) is 255 Å². The fourth-order valence-corrected chi connectivity index (χ4v) is 15.0. The van der Waals surface area contributed by atoms with E-state index < -0.39 is 8.07 Å². The van der Waals surface area contributed by atoms with Crippen LogP contribution in [0.1, 0.15) is 0 Å². The minimum absolute atomic E-state index is 1.11. The van der Waals surface area contributed by atoms with Gasteiger partial charge in [0, 0.05) is 33.2 Å². The third kappa shape index (κ3) is 6.00. The summed E-state index contributed by atoms with van der Waals surface area (Å²) >= 11 is 0. The molecule has 0 aliphatic rings. The van der Waals surface area contributed by atoms with E-state index in [0.717, 1.165) is 17.1 Å². The monoisotopic (exact) mass is 818 g/mol. The molecular weight excluding hydrogens is 777 g/mol. The standard InChI is InChI=1S/C60H42N2Si/c1-5-19-48(20-6-1)62-57-27-15-18-46-33-39-55-56(40-41-58(62)60(55)59(46)57)61(50-36-30-43-16-13-14-17-47(43)42-50)49-34-28-44(29-35-49)45-31-37-54(38-32-45)63(51-21-7-2-8-22-51,52-23-9-3-10-24-52)53-25-11-4-12-26-53/h1-42H. The van der Waals surface area contributed by atoms with Crippen LogP contribution in [0.3, 0.4) is 0 Å². The molecule has 0 aliphatic carbocycles. The average molecular weight is 819 g/mol. The summed E-state index contributed by atoms with van der Waals surface area (Å²) in [6.07, 6.45) is 0. The van der Waals surface area contributed by atoms with E-state index in [-0.39, 0.29) is 0 Å². The molecule has 0 atom stereocenters. The summed E-state index contributed by atoms with van der Waals surface area (Å²) in [5.41, 5.74) is 9.36. The Kier molecular flexibility index (Phi) is 8.87. The molecule has 1 aromatic heterocycles. The number of fused-ring (bicyclic) bond motifs is 1. The molecule has 0 N–H and O–H groups in total. The Morgan fingerprint density at radius 3 is 1.44 bits per heavy atom. The van der Waals surface area contributed by atoms with E-state index >= 15 is 0 Å². The lowest BCUT2D eigenvalue weighted by Crippen LogP contribution is -2.74. The van der Waals surface area contributed by atoms with E-state index in [1.807, 2.05) is 0 Å². The third-order valence-corrected chi connectivity index (χ3v) is 17.9. The molecular formula is C60H42N2Si. The Bertz CT molecular complexity index is 3430. The second kappa shape index (κ2) is 15.2. The van der Waals surface area contributed by atoms with Crippen molar-refractivity contribution < 1.29 is 0 Å². The highest BCUT2D eigenvalue weighted by Crippen LogP contribution is 2.46. The van der Waals surface area contributed by atoms with Crippen molar-refractivity contribution in [3.63, 3.8) is 0 Å². The van der Waals surface area contributed by atoms with E-state index in [0.29, 0.717) is 0 Å². The largest absolute Gasteiger partial charge is 0.310 e. The van der Waals surface area contributed by atoms with E-state index in [9.17, 15) is 0 Å². The molecule has 11 aromatic carbocycles. The third-order valence-electron chi connectivity index (χ3n) is 13.1. The van der Waals surface area contributed by atoms with Crippen molar-refractivity contribution in [3.8, 4) is 16.8 Å². The number of para-hydroxylation sites is 1. The van der Waals surface area contributed by atoms with Crippen LogP contribution in [0.5, 0.6) is 0 Å². The van der Waals surface area contributed by atoms with Gasteiger partial charge in [0.2, 0.25) is 0 Å². The van der Waals surface area contributed by atoms with Crippen molar-refractivity contribution in [3.05, 3.63) is 255 Å². The summed E-state index contributed by atoms with van der Waals surface area (Å²) in [7, 11) is -2.62. The first-order chi connectivity index (χ1) is 31.3. The number of nitrogens with zero attached hydrogens (tertiary/aromatic N) is 2. The Hall–Kier alpha value is -7.98. The minimum Gasteiger partial charge on any atom is -0.310 e. The normalized spacial score (nSPS) is 11.8. The number of benzene rings is 11. The Labute approximate surface area is 368 Å². The molecule has 0 saturated heterocycles. The molecule has 0 amide bonds. The van der Waals surface area contributed by atoms with Gasteiger partial charge in [-0.1, -0.05) is 200 Å². The van der Waals surface area contributed by atoms with E-state index in [1.165, 1.54) is 80.9 Å². The molecule has 12 rings (SSSR count). The zero-order valence-corrected chi connectivity index (χ0v) is 35.6. The van der Waals surface area contributed by atoms with Gasteiger partial charge in [-0.15, -0.1) is 0 Å². The summed E-state index contributed by atoms with van der Waals surface area (Å²) in [5, 5.41) is 13.0. The molecule has 296 valence electrons. The van der Waals surface area contributed by atoms with Crippen molar-refractivity contribution >= 4 is 89.2 Å². The van der Waals surface area contributed by atoms with Gasteiger partial charge in [0.15, 0.2) is 8.07 Å². The lowest BCUT2D eigenvalue weighted by Gasteiger charge is -2.34. The van der Waals surface area contributed by atoms with Gasteiger partial charge in [-0.05, 0) is 103 Å². The predicted octanol–water partition coefficient (Wildman–Crippen LogP) is 13.0. The van der Waals surface area contributed by atoms with Gasteiger partial charge in [0.25, 0.3) is 0 Å². The first-order valence-corrected chi connectivity index (χ1v) is 23.8. The second-order valence-electron chi connectivity index (χ2n) is 16.5. The molecule has 2 nitrogen and oxygen atoms in total. The molecule has 0 radical (unpaired) electrons. The van der Waals surface area contributed by atoms with Crippen LogP contribution in [-0.4, -0.2) is 12.6 Å². The number of anilines is 3. The fourth-order valence-electron chi connectivity index (χ4n) is 10.2. The summed E-state index contributed by atoms with van der Waals surface area (Å²) < 4.78 is 2.42. The SMILES string of the molecule is c1ccc(-n2c3cccc4ccc5c(N(c6ccc(-c7ccc([Si](c8ccccc8)(c8ccccc8)c8ccccc8)cc7)cc6)c6ccc7ccccc7c6)ccc2c5c43)cc1. The molecule has 0 saturated carbocycles. The lowest BCUT2D eigenvalue weighted by atomic mass is 9.99. The summed E-state index contributed by atoms with van der Waals surface area (Å²) in [5.74, 6) is 0. The maximum Gasteiger partial charge on any atom is 0.179 e. The number of hydrogen-bond donors (Lipinski definition) is 0. The molecule has 0 unspecified atom stereocenters. The molecule has 0 bridgehead atoms. The van der Waals surface area contributed by atoms with E-state index in [1.54, 1.807) is 0 Å². The first kappa shape index (κ1) is 36.8. The topological polar surface area (TPSA) is 8.17 Å². The molecule has 12 aromatic rings. The average Bonchev–Trinajstić information content (AvgIpc) is 3.71. The highest BCUT2D eigenvalue weighted by atomic mass is 28.3. The predicted molar refractivity (Wildman–Crippen MR) is 271 cm³/mol.